The number of methoxy groups -OCH3 is 1. The van der Waals surface area contributed by atoms with Crippen molar-refractivity contribution >= 4 is 15.9 Å². The molecule has 0 aliphatic carbocycles. The smallest absolute Gasteiger partial charge is 0.243 e. The minimum absolute atomic E-state index is 0.0885. The van der Waals surface area contributed by atoms with Gasteiger partial charge in [0.25, 0.3) is 0 Å². The van der Waals surface area contributed by atoms with Gasteiger partial charge in [0, 0.05) is 13.1 Å². The molecule has 0 spiro atoms. The van der Waals surface area contributed by atoms with E-state index in [2.05, 4.69) is 5.32 Å². The fourth-order valence-electron chi connectivity index (χ4n) is 2.49. The molecular formula is C21H28N2O4S. The van der Waals surface area contributed by atoms with Crippen LogP contribution in [0.3, 0.4) is 0 Å². The van der Waals surface area contributed by atoms with Gasteiger partial charge in [-0.25, -0.2) is 8.42 Å². The molecule has 0 aliphatic heterocycles. The van der Waals surface area contributed by atoms with Crippen LogP contribution in [-0.2, 0) is 21.4 Å². The average molecular weight is 405 g/mol. The number of amides is 1. The molecule has 0 atom stereocenters. The summed E-state index contributed by atoms with van der Waals surface area (Å²) >= 11 is 0. The third kappa shape index (κ3) is 6.35. The average Bonchev–Trinajstić information content (AvgIpc) is 2.66. The molecule has 0 aromatic heterocycles. The number of nitrogens with zero attached hydrogens (tertiary/aromatic N) is 1. The Kier molecular flexibility index (Phi) is 7.21. The Balaban J connectivity index is 2.26. The molecule has 0 radical (unpaired) electrons. The van der Waals surface area contributed by atoms with E-state index >= 15 is 0 Å². The second kappa shape index (κ2) is 9.21. The fourth-order valence-corrected chi connectivity index (χ4v) is 3.87. The van der Waals surface area contributed by atoms with Gasteiger partial charge in [0.1, 0.15) is 5.75 Å². The highest BCUT2D eigenvalue weighted by atomic mass is 32.2. The van der Waals surface area contributed by atoms with Gasteiger partial charge in [-0.3, -0.25) is 4.79 Å². The molecule has 0 aliphatic rings. The van der Waals surface area contributed by atoms with Crippen LogP contribution in [0.4, 0.5) is 0 Å². The maximum absolute atomic E-state index is 13.2. The molecule has 0 unspecified atom stereocenters. The maximum atomic E-state index is 13.2. The molecule has 2 aromatic carbocycles. The van der Waals surface area contributed by atoms with Crippen LogP contribution >= 0.6 is 0 Å². The molecule has 6 nitrogen and oxygen atoms in total. The highest BCUT2D eigenvalue weighted by Crippen LogP contribution is 2.21. The number of rotatable bonds is 8. The summed E-state index contributed by atoms with van der Waals surface area (Å²) < 4.78 is 32.6. The summed E-state index contributed by atoms with van der Waals surface area (Å²) in [6, 6.07) is 15.4. The topological polar surface area (TPSA) is 75.7 Å². The highest BCUT2D eigenvalue weighted by molar-refractivity contribution is 7.89. The monoisotopic (exact) mass is 404 g/mol. The highest BCUT2D eigenvalue weighted by Gasteiger charge is 2.27. The minimum Gasteiger partial charge on any atom is -0.497 e. The number of benzene rings is 2. The van der Waals surface area contributed by atoms with E-state index in [4.69, 9.17) is 4.74 Å². The van der Waals surface area contributed by atoms with Crippen LogP contribution in [0.25, 0.3) is 0 Å². The van der Waals surface area contributed by atoms with Crippen molar-refractivity contribution in [2.75, 3.05) is 20.2 Å². The number of carbonyl (C=O) groups is 1. The van der Waals surface area contributed by atoms with Gasteiger partial charge in [0.2, 0.25) is 15.9 Å². The number of sulfonamides is 1. The second-order valence-electron chi connectivity index (χ2n) is 7.77. The molecule has 2 rings (SSSR count). The van der Waals surface area contributed by atoms with Gasteiger partial charge in [-0.15, -0.1) is 0 Å². The largest absolute Gasteiger partial charge is 0.497 e. The summed E-state index contributed by atoms with van der Waals surface area (Å²) in [6.45, 7) is 6.33. The Hall–Kier alpha value is -2.38. The zero-order valence-corrected chi connectivity index (χ0v) is 17.6. The predicted molar refractivity (Wildman–Crippen MR) is 109 cm³/mol. The van der Waals surface area contributed by atoms with Crippen molar-refractivity contribution in [3.8, 4) is 5.75 Å². The van der Waals surface area contributed by atoms with Crippen molar-refractivity contribution in [2.45, 2.75) is 32.2 Å². The molecule has 1 N–H and O–H groups in total. The number of hydrogen-bond acceptors (Lipinski definition) is 4. The van der Waals surface area contributed by atoms with Gasteiger partial charge in [0.05, 0.1) is 18.6 Å². The number of carbonyl (C=O) groups excluding carboxylic acids is 1. The summed E-state index contributed by atoms with van der Waals surface area (Å²) in [7, 11) is -2.34. The molecule has 0 heterocycles. The van der Waals surface area contributed by atoms with Crippen LogP contribution in [0.15, 0.2) is 59.5 Å². The molecule has 2 aromatic rings. The van der Waals surface area contributed by atoms with E-state index < -0.39 is 10.0 Å². The van der Waals surface area contributed by atoms with Gasteiger partial charge in [-0.2, -0.15) is 4.31 Å². The van der Waals surface area contributed by atoms with E-state index in [1.807, 2.05) is 51.1 Å². The Morgan fingerprint density at radius 2 is 1.64 bits per heavy atom. The van der Waals surface area contributed by atoms with Crippen LogP contribution in [0.1, 0.15) is 26.3 Å². The quantitative estimate of drug-likeness (QED) is 0.734. The van der Waals surface area contributed by atoms with Gasteiger partial charge >= 0.3 is 0 Å². The van der Waals surface area contributed by atoms with Gasteiger partial charge in [-0.05, 0) is 35.2 Å². The molecule has 1 amide bonds. The van der Waals surface area contributed by atoms with E-state index in [-0.39, 0.29) is 29.3 Å². The van der Waals surface area contributed by atoms with Crippen LogP contribution in [0, 0.1) is 5.41 Å². The van der Waals surface area contributed by atoms with Crippen molar-refractivity contribution in [3.05, 3.63) is 60.2 Å². The van der Waals surface area contributed by atoms with E-state index in [0.29, 0.717) is 12.3 Å². The summed E-state index contributed by atoms with van der Waals surface area (Å²) in [5.74, 6) is 0.236. The van der Waals surface area contributed by atoms with Gasteiger partial charge in [0.15, 0.2) is 0 Å². The van der Waals surface area contributed by atoms with Gasteiger partial charge < -0.3 is 10.1 Å². The zero-order valence-electron chi connectivity index (χ0n) is 16.8. The molecule has 0 bridgehead atoms. The summed E-state index contributed by atoms with van der Waals surface area (Å²) in [5.41, 5.74) is 0.720. The lowest BCUT2D eigenvalue weighted by molar-refractivity contribution is -0.121. The molecule has 0 saturated heterocycles. The fraction of sp³-hybridized carbons (Fsp3) is 0.381. The number of hydrogen-bond donors (Lipinski definition) is 1. The predicted octanol–water partition coefficient (Wildman–Crippen LogP) is 3.05. The first-order chi connectivity index (χ1) is 13.1. The first kappa shape index (κ1) is 21.9. The Labute approximate surface area is 167 Å². The lowest BCUT2D eigenvalue weighted by atomic mass is 9.97. The first-order valence-electron chi connectivity index (χ1n) is 9.07. The third-order valence-electron chi connectivity index (χ3n) is 4.03. The molecule has 7 heteroatoms. The Morgan fingerprint density at radius 1 is 1.04 bits per heavy atom. The molecule has 0 fully saturated rings. The van der Waals surface area contributed by atoms with Crippen molar-refractivity contribution in [2.24, 2.45) is 5.41 Å². The SMILES string of the molecule is COc1ccc(S(=O)(=O)N(CC(=O)NCC(C)(C)C)Cc2ccccc2)cc1. The lowest BCUT2D eigenvalue weighted by Gasteiger charge is -2.24. The zero-order chi connectivity index (χ0) is 20.8. The van der Waals surface area contributed by atoms with E-state index in [0.717, 1.165) is 5.56 Å². The number of nitrogens with one attached hydrogen (secondary N) is 1. The second-order valence-corrected chi connectivity index (χ2v) is 9.71. The lowest BCUT2D eigenvalue weighted by Crippen LogP contribution is -2.42. The van der Waals surface area contributed by atoms with Crippen molar-refractivity contribution in [1.82, 2.24) is 9.62 Å². The first-order valence-corrected chi connectivity index (χ1v) is 10.5. The van der Waals surface area contributed by atoms with E-state index in [1.54, 1.807) is 12.1 Å². The standard InChI is InChI=1S/C21H28N2O4S/c1-21(2,3)16-22-20(24)15-23(14-17-8-6-5-7-9-17)28(25,26)19-12-10-18(27-4)11-13-19/h5-13H,14-16H2,1-4H3,(H,22,24). The van der Waals surface area contributed by atoms with Crippen LogP contribution in [-0.4, -0.2) is 38.8 Å². The Morgan fingerprint density at radius 3 is 2.18 bits per heavy atom. The summed E-state index contributed by atoms with van der Waals surface area (Å²) in [4.78, 5) is 12.5. The number of ether oxygens (including phenoxy) is 1. The molecule has 0 saturated carbocycles. The normalized spacial score (nSPS) is 12.0. The minimum atomic E-state index is -3.86. The molecular weight excluding hydrogens is 376 g/mol. The Bertz CT molecular complexity index is 873. The van der Waals surface area contributed by atoms with E-state index in [9.17, 15) is 13.2 Å². The summed E-state index contributed by atoms with van der Waals surface area (Å²) in [5, 5.41) is 2.82. The third-order valence-corrected chi connectivity index (χ3v) is 5.84. The van der Waals surface area contributed by atoms with Crippen LogP contribution in [0.2, 0.25) is 0 Å². The summed E-state index contributed by atoms with van der Waals surface area (Å²) in [6.07, 6.45) is 0. The van der Waals surface area contributed by atoms with Crippen molar-refractivity contribution in [3.63, 3.8) is 0 Å². The molecule has 28 heavy (non-hydrogen) atoms. The van der Waals surface area contributed by atoms with Crippen molar-refractivity contribution in [1.29, 1.82) is 0 Å². The van der Waals surface area contributed by atoms with Crippen LogP contribution < -0.4 is 10.1 Å². The van der Waals surface area contributed by atoms with Crippen LogP contribution in [0.5, 0.6) is 5.75 Å². The van der Waals surface area contributed by atoms with E-state index in [1.165, 1.54) is 23.5 Å². The van der Waals surface area contributed by atoms with Crippen molar-refractivity contribution < 1.29 is 17.9 Å². The molecule has 152 valence electrons. The maximum Gasteiger partial charge on any atom is 0.243 e. The van der Waals surface area contributed by atoms with Gasteiger partial charge in [-0.1, -0.05) is 51.1 Å².